The molecule has 1 unspecified atom stereocenters. The number of hydrogen-bond acceptors (Lipinski definition) is 2. The van der Waals surface area contributed by atoms with Gasteiger partial charge in [0.2, 0.25) is 0 Å². The number of nitrogens with zero attached hydrogens (tertiary/aromatic N) is 1. The summed E-state index contributed by atoms with van der Waals surface area (Å²) in [7, 11) is 2.25. The van der Waals surface area contributed by atoms with Gasteiger partial charge in [0.25, 0.3) is 0 Å². The van der Waals surface area contributed by atoms with Crippen LogP contribution in [0.15, 0.2) is 0 Å². The summed E-state index contributed by atoms with van der Waals surface area (Å²) in [5.74, 6) is 0.911. The minimum Gasteiger partial charge on any atom is -0.314 e. The van der Waals surface area contributed by atoms with Gasteiger partial charge < -0.3 is 10.2 Å². The van der Waals surface area contributed by atoms with E-state index in [9.17, 15) is 0 Å². The zero-order chi connectivity index (χ0) is 9.80. The predicted octanol–water partition coefficient (Wildman–Crippen LogP) is 1.86. The second kappa shape index (κ2) is 5.13. The molecule has 1 N–H and O–H groups in total. The molecule has 1 atom stereocenters. The van der Waals surface area contributed by atoms with Crippen LogP contribution in [0.5, 0.6) is 0 Å². The maximum atomic E-state index is 3.75. The monoisotopic (exact) mass is 196 g/mol. The molecule has 14 heavy (non-hydrogen) atoms. The van der Waals surface area contributed by atoms with E-state index in [1.165, 1.54) is 58.2 Å². The van der Waals surface area contributed by atoms with E-state index in [0.29, 0.717) is 0 Å². The fourth-order valence-electron chi connectivity index (χ4n) is 2.90. The summed E-state index contributed by atoms with van der Waals surface area (Å²) in [6.07, 6.45) is 8.56. The van der Waals surface area contributed by atoms with Crippen LogP contribution in [0, 0.1) is 5.92 Å². The van der Waals surface area contributed by atoms with E-state index in [1.807, 2.05) is 0 Å². The highest BCUT2D eigenvalue weighted by Gasteiger charge is 2.19. The van der Waals surface area contributed by atoms with Crippen molar-refractivity contribution in [3.05, 3.63) is 0 Å². The molecular formula is C12H24N2. The quantitative estimate of drug-likeness (QED) is 0.741. The summed E-state index contributed by atoms with van der Waals surface area (Å²) in [6.45, 7) is 3.87. The Morgan fingerprint density at radius 2 is 1.93 bits per heavy atom. The topological polar surface area (TPSA) is 15.3 Å². The first-order valence-corrected chi connectivity index (χ1v) is 6.26. The summed E-state index contributed by atoms with van der Waals surface area (Å²) in [6, 6.07) is 0.849. The molecule has 1 heterocycles. The Morgan fingerprint density at radius 3 is 2.64 bits per heavy atom. The van der Waals surface area contributed by atoms with Gasteiger partial charge in [-0.1, -0.05) is 12.8 Å². The van der Waals surface area contributed by atoms with Gasteiger partial charge in [-0.05, 0) is 51.7 Å². The van der Waals surface area contributed by atoms with E-state index in [1.54, 1.807) is 0 Å². The summed E-state index contributed by atoms with van der Waals surface area (Å²) >= 11 is 0. The number of piperidine rings is 1. The van der Waals surface area contributed by atoms with Crippen molar-refractivity contribution in [3.63, 3.8) is 0 Å². The zero-order valence-electron chi connectivity index (χ0n) is 9.47. The van der Waals surface area contributed by atoms with Crippen molar-refractivity contribution < 1.29 is 0 Å². The molecule has 1 aliphatic heterocycles. The van der Waals surface area contributed by atoms with Gasteiger partial charge in [-0.2, -0.15) is 0 Å². The lowest BCUT2D eigenvalue weighted by atomic mass is 9.98. The molecule has 0 bridgehead atoms. The fraction of sp³-hybridized carbons (Fsp3) is 1.00. The van der Waals surface area contributed by atoms with E-state index in [-0.39, 0.29) is 0 Å². The van der Waals surface area contributed by atoms with Crippen LogP contribution in [-0.2, 0) is 0 Å². The van der Waals surface area contributed by atoms with Crippen molar-refractivity contribution in [2.75, 3.05) is 26.7 Å². The molecule has 0 aromatic heterocycles. The highest BCUT2D eigenvalue weighted by Crippen LogP contribution is 2.19. The lowest BCUT2D eigenvalue weighted by Gasteiger charge is -2.30. The Morgan fingerprint density at radius 1 is 1.14 bits per heavy atom. The van der Waals surface area contributed by atoms with Crippen LogP contribution in [0.1, 0.15) is 38.5 Å². The normalized spacial score (nSPS) is 31.1. The summed E-state index contributed by atoms with van der Waals surface area (Å²) in [5.41, 5.74) is 0. The smallest absolute Gasteiger partial charge is 0.00671 e. The van der Waals surface area contributed by atoms with Gasteiger partial charge in [0, 0.05) is 12.6 Å². The Hall–Kier alpha value is -0.0800. The van der Waals surface area contributed by atoms with E-state index in [0.717, 1.165) is 12.0 Å². The Balaban J connectivity index is 1.64. The number of nitrogens with one attached hydrogen (secondary N) is 1. The van der Waals surface area contributed by atoms with E-state index >= 15 is 0 Å². The largest absolute Gasteiger partial charge is 0.314 e. The van der Waals surface area contributed by atoms with Crippen LogP contribution >= 0.6 is 0 Å². The molecular weight excluding hydrogens is 172 g/mol. The summed E-state index contributed by atoms with van der Waals surface area (Å²) in [4.78, 5) is 2.48. The third-order valence-electron chi connectivity index (χ3n) is 3.77. The maximum absolute atomic E-state index is 3.75. The van der Waals surface area contributed by atoms with Crippen molar-refractivity contribution in [1.29, 1.82) is 0 Å². The molecule has 1 saturated carbocycles. The highest BCUT2D eigenvalue weighted by atomic mass is 15.1. The third kappa shape index (κ3) is 2.96. The minimum atomic E-state index is 0.849. The van der Waals surface area contributed by atoms with E-state index in [4.69, 9.17) is 0 Å². The SMILES string of the molecule is CN1CCCC(CNC2CCCC2)C1. The maximum Gasteiger partial charge on any atom is 0.00671 e. The molecule has 2 rings (SSSR count). The van der Waals surface area contributed by atoms with Gasteiger partial charge >= 0.3 is 0 Å². The molecule has 0 spiro atoms. The summed E-state index contributed by atoms with van der Waals surface area (Å²) < 4.78 is 0. The number of likely N-dealkylation sites (tertiary alicyclic amines) is 1. The lowest BCUT2D eigenvalue weighted by Crippen LogP contribution is -2.39. The van der Waals surface area contributed by atoms with Gasteiger partial charge in [-0.15, -0.1) is 0 Å². The van der Waals surface area contributed by atoms with Crippen LogP contribution in [0.25, 0.3) is 0 Å². The predicted molar refractivity (Wildman–Crippen MR) is 60.5 cm³/mol. The Labute approximate surface area is 88.1 Å². The molecule has 2 fully saturated rings. The number of hydrogen-bond donors (Lipinski definition) is 1. The van der Waals surface area contributed by atoms with Crippen molar-refractivity contribution in [2.24, 2.45) is 5.92 Å². The van der Waals surface area contributed by atoms with Crippen molar-refractivity contribution in [1.82, 2.24) is 10.2 Å². The van der Waals surface area contributed by atoms with Crippen LogP contribution in [0.3, 0.4) is 0 Å². The van der Waals surface area contributed by atoms with E-state index in [2.05, 4.69) is 17.3 Å². The summed E-state index contributed by atoms with van der Waals surface area (Å²) in [5, 5.41) is 3.75. The first-order chi connectivity index (χ1) is 6.84. The minimum absolute atomic E-state index is 0.849. The second-order valence-electron chi connectivity index (χ2n) is 5.16. The molecule has 2 heteroatoms. The van der Waals surface area contributed by atoms with Crippen LogP contribution < -0.4 is 5.32 Å². The molecule has 82 valence electrons. The molecule has 2 nitrogen and oxygen atoms in total. The third-order valence-corrected chi connectivity index (χ3v) is 3.77. The van der Waals surface area contributed by atoms with Gasteiger partial charge in [0.05, 0.1) is 0 Å². The van der Waals surface area contributed by atoms with Gasteiger partial charge in [-0.3, -0.25) is 0 Å². The highest BCUT2D eigenvalue weighted by molar-refractivity contribution is 4.78. The average Bonchev–Trinajstić information content (AvgIpc) is 2.67. The fourth-order valence-corrected chi connectivity index (χ4v) is 2.90. The van der Waals surface area contributed by atoms with Crippen molar-refractivity contribution >= 4 is 0 Å². The van der Waals surface area contributed by atoms with Crippen LogP contribution in [0.2, 0.25) is 0 Å². The van der Waals surface area contributed by atoms with Gasteiger partial charge in [0.1, 0.15) is 0 Å². The Bertz CT molecular complexity index is 164. The lowest BCUT2D eigenvalue weighted by molar-refractivity contribution is 0.203. The van der Waals surface area contributed by atoms with Crippen LogP contribution in [0.4, 0.5) is 0 Å². The van der Waals surface area contributed by atoms with Crippen molar-refractivity contribution in [2.45, 2.75) is 44.6 Å². The molecule has 0 aromatic rings. The molecule has 1 aliphatic carbocycles. The molecule has 0 aromatic carbocycles. The number of rotatable bonds is 3. The first-order valence-electron chi connectivity index (χ1n) is 6.26. The second-order valence-corrected chi connectivity index (χ2v) is 5.16. The van der Waals surface area contributed by atoms with Gasteiger partial charge in [0.15, 0.2) is 0 Å². The van der Waals surface area contributed by atoms with Crippen molar-refractivity contribution in [3.8, 4) is 0 Å². The standard InChI is InChI=1S/C12H24N2/c1-14-8-4-5-11(10-14)9-13-12-6-2-3-7-12/h11-13H,2-10H2,1H3. The molecule has 0 amide bonds. The molecule has 2 aliphatic rings. The van der Waals surface area contributed by atoms with Crippen LogP contribution in [-0.4, -0.2) is 37.6 Å². The zero-order valence-corrected chi connectivity index (χ0v) is 9.47. The van der Waals surface area contributed by atoms with Gasteiger partial charge in [-0.25, -0.2) is 0 Å². The van der Waals surface area contributed by atoms with E-state index < -0.39 is 0 Å². The molecule has 0 radical (unpaired) electrons. The molecule has 1 saturated heterocycles. The average molecular weight is 196 g/mol. The Kier molecular flexibility index (Phi) is 3.82. The first kappa shape index (κ1) is 10.4.